The minimum Gasteiger partial charge on any atom is -0.333 e. The predicted octanol–water partition coefficient (Wildman–Crippen LogP) is 7.77. The average molecular weight is 796 g/mol. The van der Waals surface area contributed by atoms with Crippen LogP contribution in [0.4, 0.5) is 0 Å². The third-order valence-corrected chi connectivity index (χ3v) is 13.8. The highest BCUT2D eigenvalue weighted by Crippen LogP contribution is 2.53. The molecule has 9 rings (SSSR count). The molecule has 59 heavy (non-hydrogen) atoms. The first-order valence-electron chi connectivity index (χ1n) is 21.9. The summed E-state index contributed by atoms with van der Waals surface area (Å²) in [7, 11) is 1.82. The zero-order chi connectivity index (χ0) is 41.2. The highest BCUT2D eigenvalue weighted by Gasteiger charge is 2.42. The molecule has 2 unspecified atom stereocenters. The number of nitrogens with one attached hydrogen (secondary N) is 3. The van der Waals surface area contributed by atoms with Crippen LogP contribution in [0, 0.1) is 17.3 Å². The number of likely N-dealkylation sites (N-methyl/N-ethyl adjacent to an activating group) is 1. The summed E-state index contributed by atoms with van der Waals surface area (Å²) in [6.07, 6.45) is 10.6. The van der Waals surface area contributed by atoms with Gasteiger partial charge in [-0.25, -0.2) is 9.97 Å². The van der Waals surface area contributed by atoms with Crippen LogP contribution >= 0.6 is 0 Å². The molecule has 3 atom stereocenters. The molecule has 2 aliphatic carbocycles. The minimum atomic E-state index is -0.294. The Kier molecular flexibility index (Phi) is 10.3. The van der Waals surface area contributed by atoms with E-state index in [4.69, 9.17) is 9.97 Å². The van der Waals surface area contributed by atoms with E-state index in [1.165, 1.54) is 36.8 Å². The first-order valence-corrected chi connectivity index (χ1v) is 21.9. The van der Waals surface area contributed by atoms with Crippen molar-refractivity contribution in [3.63, 3.8) is 0 Å². The number of aromatic amines is 2. The summed E-state index contributed by atoms with van der Waals surface area (Å²) < 4.78 is 0. The predicted molar refractivity (Wildman–Crippen MR) is 232 cm³/mol. The zero-order valence-electron chi connectivity index (χ0n) is 35.1. The van der Waals surface area contributed by atoms with Gasteiger partial charge in [-0.05, 0) is 133 Å². The molecule has 1 spiro atoms. The molecule has 3 fully saturated rings. The Labute approximate surface area is 345 Å². The van der Waals surface area contributed by atoms with Crippen molar-refractivity contribution in [2.24, 2.45) is 17.3 Å². The molecule has 3 N–H and O–H groups in total. The van der Waals surface area contributed by atoms with E-state index >= 15 is 0 Å². The van der Waals surface area contributed by atoms with Crippen LogP contribution in [0.25, 0.3) is 44.1 Å². The van der Waals surface area contributed by atoms with Crippen LogP contribution in [0.2, 0.25) is 0 Å². The fraction of sp³-hybridized carbons (Fsp3) is 0.500. The lowest BCUT2D eigenvalue weighted by Crippen LogP contribution is -2.48. The van der Waals surface area contributed by atoms with Crippen LogP contribution in [0.1, 0.15) is 120 Å². The van der Waals surface area contributed by atoms with Gasteiger partial charge < -0.3 is 25.1 Å². The third-order valence-electron chi connectivity index (χ3n) is 13.8. The van der Waals surface area contributed by atoms with Crippen LogP contribution in [0.3, 0.4) is 0 Å². The Hall–Kier alpha value is -5.16. The Morgan fingerprint density at radius 3 is 1.75 bits per heavy atom. The lowest BCUT2D eigenvalue weighted by molar-refractivity contribution is -0.135. The molecule has 1 saturated carbocycles. The van der Waals surface area contributed by atoms with Gasteiger partial charge in [0.1, 0.15) is 11.6 Å². The number of likely N-dealkylation sites (tertiary alicyclic amines) is 2. The lowest BCUT2D eigenvalue weighted by Gasteiger charge is -2.30. The first kappa shape index (κ1) is 39.3. The summed E-state index contributed by atoms with van der Waals surface area (Å²) in [4.78, 5) is 74.0. The van der Waals surface area contributed by atoms with Crippen molar-refractivity contribution < 1.29 is 9.59 Å². The van der Waals surface area contributed by atoms with Crippen molar-refractivity contribution in [1.82, 2.24) is 35.1 Å². The maximum absolute atomic E-state index is 13.8. The number of amides is 2. The van der Waals surface area contributed by atoms with Crippen molar-refractivity contribution in [2.75, 3.05) is 20.1 Å². The molecule has 4 heterocycles. The third kappa shape index (κ3) is 7.09. The zero-order valence-corrected chi connectivity index (χ0v) is 35.1. The van der Waals surface area contributed by atoms with Gasteiger partial charge in [0.2, 0.25) is 11.8 Å². The Bertz CT molecular complexity index is 2590. The molecular formula is C48H57N7O4. The van der Waals surface area contributed by atoms with Crippen LogP contribution in [-0.2, 0) is 22.4 Å². The molecule has 5 aromatic rings. The van der Waals surface area contributed by atoms with Gasteiger partial charge in [0, 0.05) is 19.5 Å². The number of rotatable bonds is 9. The van der Waals surface area contributed by atoms with E-state index in [-0.39, 0.29) is 58.3 Å². The standard InChI is InChI=1S/C48H57N7O4/c1-27(2)22-41(56)54-20-8-10-39(54)43-50-37-16-12-29(23-33(37)45(57)52-43)31-14-15-32(36-26-48(25-35(31)36)18-6-7-19-48)30-13-17-38-34(24-30)46(58)53-44(51-38)40-11-9-21-55(40)47(59)42(49-5)28(3)4/h12-17,23-24,27-28,39-40,42,49H,6-11,18-22,25-26H2,1-5H3,(H,50,52,57)(H,51,53,58)/t39-,40?,42?/m0/s1. The van der Waals surface area contributed by atoms with E-state index in [1.54, 1.807) is 0 Å². The van der Waals surface area contributed by atoms with E-state index in [9.17, 15) is 19.2 Å². The SMILES string of the molecule is CNC(C(=O)N1CCCC1c1nc2ccc(-c3ccc(-c4ccc5nc([C@@H]6CCCN6C(=O)CC(C)C)[nH]c(=O)c5c4)c4c3CC3(CCCC3)C4)cc2c(=O)[nH]1)C(C)C. The average Bonchev–Trinajstić information content (AvgIpc) is 4.05. The van der Waals surface area contributed by atoms with E-state index in [0.717, 1.165) is 60.8 Å². The molecular weight excluding hydrogens is 739 g/mol. The summed E-state index contributed by atoms with van der Waals surface area (Å²) in [5, 5.41) is 4.26. The smallest absolute Gasteiger partial charge is 0.258 e. The van der Waals surface area contributed by atoms with E-state index < -0.39 is 0 Å². The van der Waals surface area contributed by atoms with E-state index in [2.05, 4.69) is 53.4 Å². The molecule has 3 aromatic carbocycles. The number of aromatic nitrogens is 4. The number of fused-ring (bicyclic) bond motifs is 3. The fourth-order valence-electron chi connectivity index (χ4n) is 10.9. The van der Waals surface area contributed by atoms with Gasteiger partial charge in [0.05, 0.1) is 39.9 Å². The molecule has 11 nitrogen and oxygen atoms in total. The normalized spacial score (nSPS) is 20.5. The second kappa shape index (κ2) is 15.5. The van der Waals surface area contributed by atoms with Crippen LogP contribution < -0.4 is 16.4 Å². The van der Waals surface area contributed by atoms with Crippen molar-refractivity contribution in [1.29, 1.82) is 0 Å². The van der Waals surface area contributed by atoms with Crippen molar-refractivity contribution >= 4 is 33.6 Å². The van der Waals surface area contributed by atoms with E-state index in [1.807, 2.05) is 55.0 Å². The number of hydrogen-bond donors (Lipinski definition) is 3. The summed E-state index contributed by atoms with van der Waals surface area (Å²) in [6, 6.07) is 15.7. The monoisotopic (exact) mass is 795 g/mol. The van der Waals surface area contributed by atoms with Crippen LogP contribution in [0.15, 0.2) is 58.1 Å². The summed E-state index contributed by atoms with van der Waals surface area (Å²) in [6.45, 7) is 9.51. The number of carbonyl (C=O) groups is 2. The summed E-state index contributed by atoms with van der Waals surface area (Å²) in [5.41, 5.74) is 8.01. The van der Waals surface area contributed by atoms with Gasteiger partial charge in [-0.1, -0.05) is 64.8 Å². The number of H-pyrrole nitrogens is 2. The van der Waals surface area contributed by atoms with Crippen molar-refractivity contribution in [3.05, 3.63) is 92.0 Å². The van der Waals surface area contributed by atoms with Gasteiger partial charge in [-0.2, -0.15) is 0 Å². The Morgan fingerprint density at radius 1 is 0.746 bits per heavy atom. The van der Waals surface area contributed by atoms with Crippen molar-refractivity contribution in [3.8, 4) is 22.3 Å². The van der Waals surface area contributed by atoms with Crippen LogP contribution in [0.5, 0.6) is 0 Å². The largest absolute Gasteiger partial charge is 0.333 e. The van der Waals surface area contributed by atoms with Gasteiger partial charge in [0.15, 0.2) is 0 Å². The quantitative estimate of drug-likeness (QED) is 0.138. The molecule has 2 amide bonds. The van der Waals surface area contributed by atoms with E-state index in [0.29, 0.717) is 53.0 Å². The number of benzene rings is 3. The molecule has 2 aromatic heterocycles. The summed E-state index contributed by atoms with van der Waals surface area (Å²) >= 11 is 0. The molecule has 308 valence electrons. The summed E-state index contributed by atoms with van der Waals surface area (Å²) in [5.74, 6) is 1.68. The number of carbonyl (C=O) groups excluding carboxylic acids is 2. The molecule has 4 aliphatic rings. The molecule has 0 radical (unpaired) electrons. The maximum Gasteiger partial charge on any atom is 0.258 e. The van der Waals surface area contributed by atoms with Gasteiger partial charge in [-0.3, -0.25) is 19.2 Å². The lowest BCUT2D eigenvalue weighted by atomic mass is 9.82. The topological polar surface area (TPSA) is 144 Å². The highest BCUT2D eigenvalue weighted by atomic mass is 16.2. The second-order valence-corrected chi connectivity index (χ2v) is 18.6. The molecule has 11 heteroatoms. The van der Waals surface area contributed by atoms with Crippen LogP contribution in [-0.4, -0.2) is 67.7 Å². The highest BCUT2D eigenvalue weighted by molar-refractivity contribution is 5.89. The van der Waals surface area contributed by atoms with Gasteiger partial charge in [-0.15, -0.1) is 0 Å². The number of hydrogen-bond acceptors (Lipinski definition) is 7. The fourth-order valence-corrected chi connectivity index (χ4v) is 10.9. The Morgan fingerprint density at radius 2 is 1.25 bits per heavy atom. The first-order chi connectivity index (χ1) is 28.4. The maximum atomic E-state index is 13.8. The second-order valence-electron chi connectivity index (χ2n) is 18.6. The molecule has 2 aliphatic heterocycles. The van der Waals surface area contributed by atoms with Gasteiger partial charge >= 0.3 is 0 Å². The van der Waals surface area contributed by atoms with Crippen molar-refractivity contribution in [2.45, 2.75) is 116 Å². The Balaban J connectivity index is 1.05. The number of nitrogens with zero attached hydrogens (tertiary/aromatic N) is 4. The van der Waals surface area contributed by atoms with Gasteiger partial charge in [0.25, 0.3) is 11.1 Å². The molecule has 0 bridgehead atoms. The minimum absolute atomic E-state index is 0.0451. The molecule has 2 saturated heterocycles.